The number of rotatable bonds is 3. The fourth-order valence-corrected chi connectivity index (χ4v) is 2.45. The largest absolute Gasteiger partial charge is 0.480 e. The third kappa shape index (κ3) is 2.12. The molecule has 2 unspecified atom stereocenters. The van der Waals surface area contributed by atoms with Gasteiger partial charge in [0.1, 0.15) is 11.7 Å². The summed E-state index contributed by atoms with van der Waals surface area (Å²) in [6, 6.07) is -0.983. The summed E-state index contributed by atoms with van der Waals surface area (Å²) in [5, 5.41) is 33.8. The van der Waals surface area contributed by atoms with Crippen LogP contribution < -0.4 is 4.90 Å². The van der Waals surface area contributed by atoms with Crippen molar-refractivity contribution in [1.29, 1.82) is 0 Å². The number of aryl methyl sites for hydroxylation is 2. The number of aliphatic carboxylic acids is 1. The SMILES string of the molecule is Cc1nn(C)c(N2CC(O)CC2C(=O)O)c1[N+](=O)[O-]. The Morgan fingerprint density at radius 1 is 1.58 bits per heavy atom. The lowest BCUT2D eigenvalue weighted by atomic mass is 10.2. The molecule has 0 radical (unpaired) electrons. The minimum absolute atomic E-state index is 0.0384. The van der Waals surface area contributed by atoms with E-state index in [4.69, 9.17) is 5.11 Å². The smallest absolute Gasteiger partial charge is 0.333 e. The summed E-state index contributed by atoms with van der Waals surface area (Å²) in [5.41, 5.74) is -0.00382. The van der Waals surface area contributed by atoms with Crippen LogP contribution in [0, 0.1) is 17.0 Å². The van der Waals surface area contributed by atoms with E-state index in [1.54, 1.807) is 0 Å². The first-order valence-corrected chi connectivity index (χ1v) is 5.68. The van der Waals surface area contributed by atoms with E-state index < -0.39 is 23.0 Å². The van der Waals surface area contributed by atoms with Crippen molar-refractivity contribution in [3.8, 4) is 0 Å². The quantitative estimate of drug-likeness (QED) is 0.569. The first kappa shape index (κ1) is 13.3. The van der Waals surface area contributed by atoms with Crippen molar-refractivity contribution in [2.75, 3.05) is 11.4 Å². The Hall–Kier alpha value is -2.16. The van der Waals surface area contributed by atoms with E-state index in [1.165, 1.54) is 23.6 Å². The Bertz CT molecular complexity index is 540. The second kappa shape index (κ2) is 4.50. The number of nitrogens with zero attached hydrogens (tertiary/aromatic N) is 4. The van der Waals surface area contributed by atoms with Crippen molar-refractivity contribution < 1.29 is 19.9 Å². The molecule has 0 amide bonds. The number of carboxylic acid groups (broad SMARTS) is 1. The van der Waals surface area contributed by atoms with Gasteiger partial charge >= 0.3 is 11.7 Å². The van der Waals surface area contributed by atoms with Crippen LogP contribution >= 0.6 is 0 Å². The molecule has 1 fully saturated rings. The van der Waals surface area contributed by atoms with Gasteiger partial charge in [-0.1, -0.05) is 0 Å². The Balaban J connectivity index is 2.52. The lowest BCUT2D eigenvalue weighted by molar-refractivity contribution is -0.384. The summed E-state index contributed by atoms with van der Waals surface area (Å²) in [4.78, 5) is 23.0. The topological polar surface area (TPSA) is 122 Å². The number of aromatic nitrogens is 2. The molecule has 2 N–H and O–H groups in total. The van der Waals surface area contributed by atoms with Gasteiger partial charge in [0.15, 0.2) is 0 Å². The van der Waals surface area contributed by atoms with E-state index in [1.807, 2.05) is 0 Å². The van der Waals surface area contributed by atoms with Gasteiger partial charge in [0, 0.05) is 20.0 Å². The molecule has 2 heterocycles. The van der Waals surface area contributed by atoms with Crippen molar-refractivity contribution in [2.45, 2.75) is 25.5 Å². The summed E-state index contributed by atoms with van der Waals surface area (Å²) in [6.45, 7) is 1.53. The first-order valence-electron chi connectivity index (χ1n) is 5.68. The zero-order valence-corrected chi connectivity index (χ0v) is 10.5. The Morgan fingerprint density at radius 2 is 2.21 bits per heavy atom. The van der Waals surface area contributed by atoms with Crippen LogP contribution in [0.15, 0.2) is 0 Å². The Labute approximate surface area is 108 Å². The number of β-amino-alcohol motifs (C(OH)–C–C–N with tert-alkyl or cyclic N) is 1. The van der Waals surface area contributed by atoms with Gasteiger partial charge in [-0.3, -0.25) is 10.1 Å². The molecular formula is C10H14N4O5. The Kier molecular flexibility index (Phi) is 3.14. The lowest BCUT2D eigenvalue weighted by Crippen LogP contribution is -2.37. The fourth-order valence-electron chi connectivity index (χ4n) is 2.45. The van der Waals surface area contributed by atoms with Crippen molar-refractivity contribution >= 4 is 17.5 Å². The van der Waals surface area contributed by atoms with Crippen LogP contribution in [0.5, 0.6) is 0 Å². The molecule has 0 saturated carbocycles. The van der Waals surface area contributed by atoms with E-state index in [-0.39, 0.29) is 30.2 Å². The van der Waals surface area contributed by atoms with Crippen LogP contribution in [-0.4, -0.2) is 49.6 Å². The highest BCUT2D eigenvalue weighted by molar-refractivity contribution is 5.80. The van der Waals surface area contributed by atoms with E-state index >= 15 is 0 Å². The standard InChI is InChI=1S/C10H14N4O5/c1-5-8(14(18)19)9(12(2)11-5)13-4-6(15)3-7(13)10(16)17/h6-7,15H,3-4H2,1-2H3,(H,16,17). The fraction of sp³-hybridized carbons (Fsp3) is 0.600. The molecule has 1 aliphatic rings. The van der Waals surface area contributed by atoms with Crippen molar-refractivity contribution in [2.24, 2.45) is 7.05 Å². The summed E-state index contributed by atoms with van der Waals surface area (Å²) in [5.74, 6) is -1.00. The maximum Gasteiger partial charge on any atom is 0.333 e. The predicted molar refractivity (Wildman–Crippen MR) is 64.0 cm³/mol. The van der Waals surface area contributed by atoms with Gasteiger partial charge in [-0.05, 0) is 6.92 Å². The minimum atomic E-state index is -1.12. The van der Waals surface area contributed by atoms with Crippen LogP contribution in [0.3, 0.4) is 0 Å². The molecule has 1 aliphatic heterocycles. The number of hydrogen-bond donors (Lipinski definition) is 2. The molecule has 1 saturated heterocycles. The molecule has 9 nitrogen and oxygen atoms in total. The van der Waals surface area contributed by atoms with Crippen molar-refractivity contribution in [3.63, 3.8) is 0 Å². The maximum absolute atomic E-state index is 11.2. The van der Waals surface area contributed by atoms with E-state index in [0.29, 0.717) is 0 Å². The van der Waals surface area contributed by atoms with Gasteiger partial charge in [-0.15, -0.1) is 0 Å². The van der Waals surface area contributed by atoms with Crippen LogP contribution in [0.1, 0.15) is 12.1 Å². The number of carboxylic acids is 1. The number of hydrogen-bond acceptors (Lipinski definition) is 6. The minimum Gasteiger partial charge on any atom is -0.480 e. The van der Waals surface area contributed by atoms with Crippen LogP contribution in [-0.2, 0) is 11.8 Å². The van der Waals surface area contributed by atoms with Crippen LogP contribution in [0.25, 0.3) is 0 Å². The van der Waals surface area contributed by atoms with E-state index in [2.05, 4.69) is 5.10 Å². The van der Waals surface area contributed by atoms with Gasteiger partial charge in [0.2, 0.25) is 5.82 Å². The summed E-state index contributed by atoms with van der Waals surface area (Å²) < 4.78 is 1.28. The zero-order chi connectivity index (χ0) is 14.3. The number of nitro groups is 1. The molecule has 2 rings (SSSR count). The second-order valence-corrected chi connectivity index (χ2v) is 4.53. The summed E-state index contributed by atoms with van der Waals surface area (Å²) in [6.07, 6.45) is -0.785. The molecule has 0 bridgehead atoms. The molecule has 1 aromatic heterocycles. The van der Waals surface area contributed by atoms with Crippen molar-refractivity contribution in [1.82, 2.24) is 9.78 Å². The second-order valence-electron chi connectivity index (χ2n) is 4.53. The molecule has 0 spiro atoms. The number of aliphatic hydroxyl groups excluding tert-OH is 1. The third-order valence-corrected chi connectivity index (χ3v) is 3.18. The maximum atomic E-state index is 11.2. The van der Waals surface area contributed by atoms with E-state index in [9.17, 15) is 20.0 Å². The average molecular weight is 270 g/mol. The molecule has 2 atom stereocenters. The normalized spacial score (nSPS) is 22.8. The first-order chi connectivity index (χ1) is 8.82. The van der Waals surface area contributed by atoms with Gasteiger partial charge in [0.25, 0.3) is 0 Å². The molecule has 9 heteroatoms. The molecule has 1 aromatic rings. The lowest BCUT2D eigenvalue weighted by Gasteiger charge is -2.22. The highest BCUT2D eigenvalue weighted by Gasteiger charge is 2.41. The van der Waals surface area contributed by atoms with Crippen molar-refractivity contribution in [3.05, 3.63) is 15.8 Å². The van der Waals surface area contributed by atoms with Crippen LogP contribution in [0.4, 0.5) is 11.5 Å². The van der Waals surface area contributed by atoms with Gasteiger partial charge in [0.05, 0.1) is 11.0 Å². The molecular weight excluding hydrogens is 256 g/mol. The van der Waals surface area contributed by atoms with Crippen LogP contribution in [0.2, 0.25) is 0 Å². The van der Waals surface area contributed by atoms with E-state index in [0.717, 1.165) is 0 Å². The third-order valence-electron chi connectivity index (χ3n) is 3.18. The monoisotopic (exact) mass is 270 g/mol. The molecule has 0 aliphatic carbocycles. The molecule has 104 valence electrons. The zero-order valence-electron chi connectivity index (χ0n) is 10.5. The summed E-state index contributed by atoms with van der Waals surface area (Å²) in [7, 11) is 1.51. The highest BCUT2D eigenvalue weighted by atomic mass is 16.6. The predicted octanol–water partition coefficient (Wildman–Crippen LogP) is -0.339. The molecule has 0 aromatic carbocycles. The van der Waals surface area contributed by atoms with Gasteiger partial charge in [-0.25, -0.2) is 9.48 Å². The van der Waals surface area contributed by atoms with Gasteiger partial charge in [-0.2, -0.15) is 5.10 Å². The average Bonchev–Trinajstić information content (AvgIpc) is 2.78. The molecule has 19 heavy (non-hydrogen) atoms. The Morgan fingerprint density at radius 3 is 2.74 bits per heavy atom. The summed E-state index contributed by atoms with van der Waals surface area (Å²) >= 11 is 0. The van der Waals surface area contributed by atoms with Gasteiger partial charge < -0.3 is 15.1 Å². The number of carbonyl (C=O) groups is 1. The number of aliphatic hydroxyl groups is 1. The number of anilines is 1. The highest BCUT2D eigenvalue weighted by Crippen LogP contribution is 2.35.